The van der Waals surface area contributed by atoms with E-state index in [4.69, 9.17) is 5.73 Å². The normalized spacial score (nSPS) is 14.9. The number of nitrogens with one attached hydrogen (secondary N) is 2. The van der Waals surface area contributed by atoms with E-state index >= 15 is 0 Å². The van der Waals surface area contributed by atoms with Gasteiger partial charge < -0.3 is 20.9 Å². The summed E-state index contributed by atoms with van der Waals surface area (Å²) < 4.78 is 0. The Morgan fingerprint density at radius 3 is 2.35 bits per heavy atom. The molecule has 0 unspecified atom stereocenters. The number of amides is 2. The average Bonchev–Trinajstić information content (AvgIpc) is 2.63. The van der Waals surface area contributed by atoms with E-state index in [1.807, 2.05) is 0 Å². The number of nitrogens with zero attached hydrogens (tertiary/aromatic N) is 1. The minimum absolute atomic E-state index is 0.0174. The predicted molar refractivity (Wildman–Crippen MR) is 103 cm³/mol. The molecule has 3 rings (SSSR count). The van der Waals surface area contributed by atoms with Gasteiger partial charge in [-0.25, -0.2) is 0 Å². The molecule has 4 N–H and O–H groups in total. The maximum absolute atomic E-state index is 12.3. The largest absolute Gasteiger partial charge is 0.366 e. The third-order valence-corrected chi connectivity index (χ3v) is 4.79. The third-order valence-electron chi connectivity index (χ3n) is 4.79. The highest BCUT2D eigenvalue weighted by Gasteiger charge is 2.23. The lowest BCUT2D eigenvalue weighted by Gasteiger charge is -2.34. The molecule has 0 atom stereocenters. The van der Waals surface area contributed by atoms with E-state index in [1.54, 1.807) is 24.3 Å². The van der Waals surface area contributed by atoms with E-state index in [9.17, 15) is 9.59 Å². The fourth-order valence-electron chi connectivity index (χ4n) is 3.31. The van der Waals surface area contributed by atoms with E-state index < -0.39 is 5.91 Å². The van der Waals surface area contributed by atoms with Gasteiger partial charge in [-0.2, -0.15) is 0 Å². The maximum Gasteiger partial charge on any atom is 0.279 e. The second kappa shape index (κ2) is 8.01. The first kappa shape index (κ1) is 17.9. The van der Waals surface area contributed by atoms with Crippen LogP contribution in [0.3, 0.4) is 0 Å². The number of hydrogen-bond donors (Lipinski definition) is 3. The van der Waals surface area contributed by atoms with Gasteiger partial charge in [0.2, 0.25) is 5.91 Å². The van der Waals surface area contributed by atoms with E-state index in [0.29, 0.717) is 17.8 Å². The molecule has 1 saturated heterocycles. The van der Waals surface area contributed by atoms with Crippen molar-refractivity contribution in [2.75, 3.05) is 42.9 Å². The summed E-state index contributed by atoms with van der Waals surface area (Å²) in [6.45, 7) is 6.33. The molecule has 26 heavy (non-hydrogen) atoms. The van der Waals surface area contributed by atoms with Gasteiger partial charge in [0.25, 0.3) is 5.91 Å². The molecule has 1 heterocycles. The molecule has 2 aromatic carbocycles. The highest BCUT2D eigenvalue weighted by Crippen LogP contribution is 2.18. The SMILES string of the molecule is Cc1ccccc1N1CC[NH+](CC(=O)Nc2ccc(C(N)=O)cc2)CC1. The van der Waals surface area contributed by atoms with E-state index in [0.717, 1.165) is 26.2 Å². The number of quaternary nitrogens is 1. The number of aryl methyl sites for hydroxylation is 1. The minimum Gasteiger partial charge on any atom is -0.366 e. The minimum atomic E-state index is -0.473. The summed E-state index contributed by atoms with van der Waals surface area (Å²) in [5, 5.41) is 2.88. The number of nitrogens with two attached hydrogens (primary N) is 1. The molecular formula is C20H25N4O2+. The first-order valence-electron chi connectivity index (χ1n) is 8.87. The smallest absolute Gasteiger partial charge is 0.279 e. The lowest BCUT2D eigenvalue weighted by atomic mass is 10.1. The molecule has 0 bridgehead atoms. The standard InChI is InChI=1S/C20H24N4O2/c1-15-4-2-3-5-18(15)24-12-10-23(11-13-24)14-19(25)22-17-8-6-16(7-9-17)20(21)26/h2-9H,10-14H2,1H3,(H2,21,26)(H,22,25)/p+1. The summed E-state index contributed by atoms with van der Waals surface area (Å²) in [6, 6.07) is 15.0. The van der Waals surface area contributed by atoms with Gasteiger partial charge >= 0.3 is 0 Å². The van der Waals surface area contributed by atoms with Crippen LogP contribution in [-0.4, -0.2) is 44.5 Å². The average molecular weight is 353 g/mol. The topological polar surface area (TPSA) is 79.9 Å². The van der Waals surface area contributed by atoms with Crippen molar-refractivity contribution in [2.24, 2.45) is 5.73 Å². The quantitative estimate of drug-likeness (QED) is 0.730. The monoisotopic (exact) mass is 353 g/mol. The van der Waals surface area contributed by atoms with Crippen LogP contribution in [0.1, 0.15) is 15.9 Å². The zero-order valence-corrected chi connectivity index (χ0v) is 15.0. The fraction of sp³-hybridized carbons (Fsp3) is 0.300. The molecule has 6 nitrogen and oxygen atoms in total. The molecule has 0 spiro atoms. The molecule has 1 aliphatic heterocycles. The lowest BCUT2D eigenvalue weighted by Crippen LogP contribution is -3.15. The Hall–Kier alpha value is -2.86. The number of rotatable bonds is 5. The van der Waals surface area contributed by atoms with Crippen LogP contribution >= 0.6 is 0 Å². The fourth-order valence-corrected chi connectivity index (χ4v) is 3.31. The Morgan fingerprint density at radius 1 is 1.08 bits per heavy atom. The zero-order valence-electron chi connectivity index (χ0n) is 15.0. The van der Waals surface area contributed by atoms with Crippen LogP contribution in [0.25, 0.3) is 0 Å². The second-order valence-corrected chi connectivity index (χ2v) is 6.69. The highest BCUT2D eigenvalue weighted by molar-refractivity contribution is 5.95. The number of primary amides is 1. The van der Waals surface area contributed by atoms with Crippen molar-refractivity contribution in [1.29, 1.82) is 0 Å². The molecule has 2 amide bonds. The zero-order chi connectivity index (χ0) is 18.5. The Labute approximate surface area is 153 Å². The molecule has 2 aromatic rings. The molecule has 1 aliphatic rings. The number of para-hydroxylation sites is 1. The molecule has 136 valence electrons. The number of hydrogen-bond acceptors (Lipinski definition) is 3. The number of carbonyl (C=O) groups excluding carboxylic acids is 2. The van der Waals surface area contributed by atoms with E-state index in [2.05, 4.69) is 41.4 Å². The van der Waals surface area contributed by atoms with Gasteiger partial charge in [0.1, 0.15) is 0 Å². The Kier molecular flexibility index (Phi) is 5.53. The molecule has 0 aliphatic carbocycles. The number of anilines is 2. The van der Waals surface area contributed by atoms with Crippen LogP contribution < -0.4 is 20.9 Å². The van der Waals surface area contributed by atoms with Crippen molar-refractivity contribution in [3.05, 3.63) is 59.7 Å². The third kappa shape index (κ3) is 4.40. The van der Waals surface area contributed by atoms with Crippen LogP contribution in [0.2, 0.25) is 0 Å². The summed E-state index contributed by atoms with van der Waals surface area (Å²) in [5.74, 6) is -0.491. The van der Waals surface area contributed by atoms with Crippen molar-refractivity contribution in [3.8, 4) is 0 Å². The van der Waals surface area contributed by atoms with Crippen LogP contribution in [-0.2, 0) is 4.79 Å². The highest BCUT2D eigenvalue weighted by atomic mass is 16.2. The van der Waals surface area contributed by atoms with Gasteiger partial charge in [-0.3, -0.25) is 9.59 Å². The van der Waals surface area contributed by atoms with Crippen LogP contribution in [0, 0.1) is 6.92 Å². The van der Waals surface area contributed by atoms with Gasteiger partial charge in [-0.05, 0) is 42.8 Å². The summed E-state index contributed by atoms with van der Waals surface area (Å²) in [6.07, 6.45) is 0. The Morgan fingerprint density at radius 2 is 1.73 bits per heavy atom. The van der Waals surface area contributed by atoms with E-state index in [-0.39, 0.29) is 5.91 Å². The summed E-state index contributed by atoms with van der Waals surface area (Å²) in [4.78, 5) is 27.0. The second-order valence-electron chi connectivity index (χ2n) is 6.69. The van der Waals surface area contributed by atoms with Gasteiger partial charge in [0, 0.05) is 16.9 Å². The lowest BCUT2D eigenvalue weighted by molar-refractivity contribution is -0.892. The maximum atomic E-state index is 12.3. The number of benzene rings is 2. The van der Waals surface area contributed by atoms with Crippen molar-refractivity contribution >= 4 is 23.2 Å². The molecular weight excluding hydrogens is 328 g/mol. The van der Waals surface area contributed by atoms with Gasteiger partial charge in [-0.15, -0.1) is 0 Å². The van der Waals surface area contributed by atoms with Crippen molar-refractivity contribution < 1.29 is 14.5 Å². The van der Waals surface area contributed by atoms with Crippen molar-refractivity contribution in [1.82, 2.24) is 0 Å². The number of piperazine rings is 1. The molecule has 0 radical (unpaired) electrons. The predicted octanol–water partition coefficient (Wildman–Crippen LogP) is 0.438. The first-order chi connectivity index (χ1) is 12.5. The van der Waals surface area contributed by atoms with Crippen molar-refractivity contribution in [3.63, 3.8) is 0 Å². The molecule has 6 heteroatoms. The molecule has 0 aromatic heterocycles. The van der Waals surface area contributed by atoms with Crippen LogP contribution in [0.4, 0.5) is 11.4 Å². The van der Waals surface area contributed by atoms with E-state index in [1.165, 1.54) is 16.2 Å². The number of carbonyl (C=O) groups is 2. The van der Waals surface area contributed by atoms with Crippen molar-refractivity contribution in [2.45, 2.75) is 6.92 Å². The van der Waals surface area contributed by atoms with Gasteiger partial charge in [0.15, 0.2) is 6.54 Å². The van der Waals surface area contributed by atoms with Crippen LogP contribution in [0.5, 0.6) is 0 Å². The molecule has 0 saturated carbocycles. The van der Waals surface area contributed by atoms with Gasteiger partial charge in [-0.1, -0.05) is 18.2 Å². The molecule has 1 fully saturated rings. The van der Waals surface area contributed by atoms with Crippen LogP contribution in [0.15, 0.2) is 48.5 Å². The first-order valence-corrected chi connectivity index (χ1v) is 8.87. The Bertz CT molecular complexity index is 781. The Balaban J connectivity index is 1.49. The summed E-state index contributed by atoms with van der Waals surface area (Å²) >= 11 is 0. The summed E-state index contributed by atoms with van der Waals surface area (Å²) in [7, 11) is 0. The summed E-state index contributed by atoms with van der Waals surface area (Å²) in [5.41, 5.74) is 8.90. The van der Waals surface area contributed by atoms with Gasteiger partial charge in [0.05, 0.1) is 26.2 Å².